The van der Waals surface area contributed by atoms with Gasteiger partial charge < -0.3 is 9.64 Å². The van der Waals surface area contributed by atoms with E-state index >= 15 is 0 Å². The Labute approximate surface area is 181 Å². The smallest absolute Gasteiger partial charge is 0.337 e. The first-order chi connectivity index (χ1) is 15.2. The minimum absolute atomic E-state index is 0.360. The van der Waals surface area contributed by atoms with Crippen LogP contribution in [-0.2, 0) is 4.74 Å². The molecule has 150 valence electrons. The molecule has 0 bridgehead atoms. The lowest BCUT2D eigenvalue weighted by Crippen LogP contribution is -2.09. The van der Waals surface area contributed by atoms with Crippen LogP contribution in [0.2, 0.25) is 0 Å². The zero-order valence-corrected chi connectivity index (χ0v) is 17.0. The summed E-state index contributed by atoms with van der Waals surface area (Å²) in [5, 5.41) is 9.59. The summed E-state index contributed by atoms with van der Waals surface area (Å²) < 4.78 is 4.75. The lowest BCUT2D eigenvalue weighted by molar-refractivity contribution is 0.0600. The van der Waals surface area contributed by atoms with Gasteiger partial charge in [0.1, 0.15) is 0 Å². The normalized spacial score (nSPS) is 10.2. The molecular weight excluding hydrogens is 384 g/mol. The molecule has 0 N–H and O–H groups in total. The monoisotopic (exact) mass is 404 g/mol. The van der Waals surface area contributed by atoms with Crippen LogP contribution in [0.25, 0.3) is 11.1 Å². The van der Waals surface area contributed by atoms with E-state index in [0.29, 0.717) is 11.1 Å². The molecule has 0 aliphatic heterocycles. The van der Waals surface area contributed by atoms with Crippen LogP contribution in [0, 0.1) is 11.3 Å². The van der Waals surface area contributed by atoms with Crippen molar-refractivity contribution >= 4 is 23.0 Å². The third-order valence-electron chi connectivity index (χ3n) is 5.03. The third-order valence-corrected chi connectivity index (χ3v) is 5.03. The summed E-state index contributed by atoms with van der Waals surface area (Å²) in [6.07, 6.45) is 0. The van der Waals surface area contributed by atoms with E-state index in [0.717, 1.165) is 28.2 Å². The van der Waals surface area contributed by atoms with Gasteiger partial charge in [-0.05, 0) is 59.7 Å². The van der Waals surface area contributed by atoms with E-state index in [2.05, 4.69) is 35.2 Å². The van der Waals surface area contributed by atoms with Crippen molar-refractivity contribution in [3.05, 3.63) is 114 Å². The zero-order valence-electron chi connectivity index (χ0n) is 17.0. The number of hydrogen-bond acceptors (Lipinski definition) is 4. The molecule has 0 fully saturated rings. The Hall–Kier alpha value is -4.36. The van der Waals surface area contributed by atoms with Gasteiger partial charge in [0.15, 0.2) is 0 Å². The highest BCUT2D eigenvalue weighted by atomic mass is 16.5. The van der Waals surface area contributed by atoms with Crippen LogP contribution < -0.4 is 4.90 Å². The number of para-hydroxylation sites is 2. The SMILES string of the molecule is COC(=O)c1ccc(-c2ccc(N(c3ccccc3)c3ccccc3)cc2)c(C#N)c1. The number of rotatable bonds is 5. The number of nitrogens with zero attached hydrogens (tertiary/aromatic N) is 2. The number of hydrogen-bond donors (Lipinski definition) is 0. The standard InChI is InChI=1S/C27H20N2O2/c1-31-27(30)21-14-17-26(22(18-21)19-28)20-12-15-25(16-13-20)29(23-8-4-2-5-9-23)24-10-6-3-7-11-24/h2-18H,1H3. The number of carbonyl (C=O) groups is 1. The van der Waals surface area contributed by atoms with E-state index in [1.807, 2.05) is 60.7 Å². The van der Waals surface area contributed by atoms with Crippen LogP contribution in [-0.4, -0.2) is 13.1 Å². The maximum absolute atomic E-state index is 11.8. The minimum atomic E-state index is -0.459. The topological polar surface area (TPSA) is 53.3 Å². The Morgan fingerprint density at radius 1 is 0.774 bits per heavy atom. The number of carbonyl (C=O) groups excluding carboxylic acids is 1. The molecule has 4 rings (SSSR count). The molecule has 0 saturated heterocycles. The van der Waals surface area contributed by atoms with Gasteiger partial charge in [-0.15, -0.1) is 0 Å². The second-order valence-electron chi connectivity index (χ2n) is 6.92. The Bertz CT molecular complexity index is 1190. The van der Waals surface area contributed by atoms with Crippen molar-refractivity contribution in [1.82, 2.24) is 0 Å². The Kier molecular flexibility index (Phi) is 5.77. The zero-order chi connectivity index (χ0) is 21.6. The first kappa shape index (κ1) is 19.9. The molecule has 4 nitrogen and oxygen atoms in total. The summed E-state index contributed by atoms with van der Waals surface area (Å²) in [6.45, 7) is 0. The molecule has 4 aromatic carbocycles. The van der Waals surface area contributed by atoms with Gasteiger partial charge in [0.25, 0.3) is 0 Å². The van der Waals surface area contributed by atoms with E-state index in [9.17, 15) is 10.1 Å². The fraction of sp³-hybridized carbons (Fsp3) is 0.0370. The summed E-state index contributed by atoms with van der Waals surface area (Å²) in [5.41, 5.74) is 5.58. The number of ether oxygens (including phenoxy) is 1. The molecule has 0 aliphatic rings. The fourth-order valence-corrected chi connectivity index (χ4v) is 3.52. The molecular formula is C27H20N2O2. The quantitative estimate of drug-likeness (QED) is 0.357. The molecule has 0 unspecified atom stereocenters. The van der Waals surface area contributed by atoms with E-state index in [1.165, 1.54) is 7.11 Å². The van der Waals surface area contributed by atoms with Crippen molar-refractivity contribution in [2.45, 2.75) is 0 Å². The molecule has 31 heavy (non-hydrogen) atoms. The minimum Gasteiger partial charge on any atom is -0.465 e. The first-order valence-corrected chi connectivity index (χ1v) is 9.84. The number of methoxy groups -OCH3 is 1. The Morgan fingerprint density at radius 2 is 1.32 bits per heavy atom. The van der Waals surface area contributed by atoms with Crippen molar-refractivity contribution in [2.24, 2.45) is 0 Å². The van der Waals surface area contributed by atoms with Gasteiger partial charge >= 0.3 is 5.97 Å². The van der Waals surface area contributed by atoms with Crippen molar-refractivity contribution in [2.75, 3.05) is 12.0 Å². The molecule has 0 aliphatic carbocycles. The van der Waals surface area contributed by atoms with Crippen molar-refractivity contribution in [3.63, 3.8) is 0 Å². The predicted molar refractivity (Wildman–Crippen MR) is 123 cm³/mol. The highest BCUT2D eigenvalue weighted by Gasteiger charge is 2.14. The summed E-state index contributed by atoms with van der Waals surface area (Å²) in [7, 11) is 1.33. The lowest BCUT2D eigenvalue weighted by atomic mass is 9.97. The number of esters is 1. The Morgan fingerprint density at radius 3 is 1.84 bits per heavy atom. The molecule has 0 spiro atoms. The highest BCUT2D eigenvalue weighted by molar-refractivity contribution is 5.91. The summed E-state index contributed by atoms with van der Waals surface area (Å²) in [6, 6.07) is 35.6. The molecule has 4 heteroatoms. The molecule has 0 radical (unpaired) electrons. The van der Waals surface area contributed by atoms with Gasteiger partial charge in [0, 0.05) is 17.1 Å². The summed E-state index contributed by atoms with van der Waals surface area (Å²) in [4.78, 5) is 14.0. The summed E-state index contributed by atoms with van der Waals surface area (Å²) >= 11 is 0. The maximum Gasteiger partial charge on any atom is 0.337 e. The molecule has 4 aromatic rings. The van der Waals surface area contributed by atoms with E-state index < -0.39 is 5.97 Å². The average molecular weight is 404 g/mol. The van der Waals surface area contributed by atoms with Gasteiger partial charge in [-0.2, -0.15) is 5.26 Å². The van der Waals surface area contributed by atoms with Crippen LogP contribution in [0.3, 0.4) is 0 Å². The van der Waals surface area contributed by atoms with Crippen LogP contribution in [0.4, 0.5) is 17.1 Å². The van der Waals surface area contributed by atoms with Crippen molar-refractivity contribution in [1.29, 1.82) is 5.26 Å². The molecule has 0 saturated carbocycles. The second kappa shape index (κ2) is 8.98. The largest absolute Gasteiger partial charge is 0.465 e. The first-order valence-electron chi connectivity index (χ1n) is 9.84. The third kappa shape index (κ3) is 4.17. The molecule has 0 atom stereocenters. The number of benzene rings is 4. The van der Waals surface area contributed by atoms with Gasteiger partial charge in [0.2, 0.25) is 0 Å². The van der Waals surface area contributed by atoms with Gasteiger partial charge in [0.05, 0.1) is 24.3 Å². The van der Waals surface area contributed by atoms with E-state index in [4.69, 9.17) is 4.74 Å². The fourth-order valence-electron chi connectivity index (χ4n) is 3.52. The molecule has 0 aromatic heterocycles. The van der Waals surface area contributed by atoms with Crippen LogP contribution in [0.15, 0.2) is 103 Å². The van der Waals surface area contributed by atoms with Gasteiger partial charge in [-0.25, -0.2) is 4.79 Å². The predicted octanol–water partition coefficient (Wildman–Crippen LogP) is 6.48. The van der Waals surface area contributed by atoms with Gasteiger partial charge in [-0.3, -0.25) is 0 Å². The van der Waals surface area contributed by atoms with Crippen LogP contribution >= 0.6 is 0 Å². The number of nitriles is 1. The van der Waals surface area contributed by atoms with Crippen LogP contribution in [0.1, 0.15) is 15.9 Å². The molecule has 0 amide bonds. The highest BCUT2D eigenvalue weighted by Crippen LogP contribution is 2.35. The maximum atomic E-state index is 11.8. The van der Waals surface area contributed by atoms with E-state index in [-0.39, 0.29) is 0 Å². The van der Waals surface area contributed by atoms with Gasteiger partial charge in [-0.1, -0.05) is 54.6 Å². The second-order valence-corrected chi connectivity index (χ2v) is 6.92. The lowest BCUT2D eigenvalue weighted by Gasteiger charge is -2.25. The average Bonchev–Trinajstić information content (AvgIpc) is 2.85. The van der Waals surface area contributed by atoms with Crippen molar-refractivity contribution in [3.8, 4) is 17.2 Å². The summed E-state index contributed by atoms with van der Waals surface area (Å²) in [5.74, 6) is -0.459. The van der Waals surface area contributed by atoms with E-state index in [1.54, 1.807) is 18.2 Å². The van der Waals surface area contributed by atoms with Crippen LogP contribution in [0.5, 0.6) is 0 Å². The Balaban J connectivity index is 1.73. The number of anilines is 3. The molecule has 0 heterocycles. The van der Waals surface area contributed by atoms with Crippen molar-refractivity contribution < 1.29 is 9.53 Å².